The minimum absolute atomic E-state index is 0.00347. The molecule has 1 N–H and O–H groups in total. The second kappa shape index (κ2) is 9.23. The van der Waals surface area contributed by atoms with Gasteiger partial charge in [0, 0.05) is 10.9 Å². The van der Waals surface area contributed by atoms with Crippen molar-refractivity contribution in [1.29, 1.82) is 5.26 Å². The molecule has 35 heavy (non-hydrogen) atoms. The fourth-order valence-electron chi connectivity index (χ4n) is 4.78. The van der Waals surface area contributed by atoms with Gasteiger partial charge in [-0.25, -0.2) is 4.79 Å². The number of hydrogen-bond donors (Lipinski definition) is 1. The number of hydrogen-bond acceptors (Lipinski definition) is 3. The number of rotatable bonds is 4. The zero-order chi connectivity index (χ0) is 25.4. The molecule has 0 bridgehead atoms. The van der Waals surface area contributed by atoms with Gasteiger partial charge in [0.15, 0.2) is 5.41 Å². The summed E-state index contributed by atoms with van der Waals surface area (Å²) in [5.41, 5.74) is -1.85. The zero-order valence-corrected chi connectivity index (χ0v) is 19.0. The first-order chi connectivity index (χ1) is 16.6. The van der Waals surface area contributed by atoms with Crippen LogP contribution in [0.5, 0.6) is 0 Å². The van der Waals surface area contributed by atoms with Crippen LogP contribution in [-0.4, -0.2) is 34.1 Å². The number of amides is 1. The van der Waals surface area contributed by atoms with E-state index in [0.717, 1.165) is 17.1 Å². The molecule has 1 aliphatic heterocycles. The number of halogens is 4. The van der Waals surface area contributed by atoms with Crippen LogP contribution in [0.1, 0.15) is 41.5 Å². The molecule has 0 saturated carbocycles. The third-order valence-electron chi connectivity index (χ3n) is 6.57. The molecule has 0 radical (unpaired) electrons. The Balaban J connectivity index is 1.78. The number of alkyl halides is 3. The maximum Gasteiger partial charge on any atom is 0.410 e. The highest BCUT2D eigenvalue weighted by Crippen LogP contribution is 2.50. The van der Waals surface area contributed by atoms with E-state index in [1.54, 1.807) is 48.5 Å². The summed E-state index contributed by atoms with van der Waals surface area (Å²) in [6.45, 7) is 0. The van der Waals surface area contributed by atoms with Crippen molar-refractivity contribution in [3.63, 3.8) is 0 Å². The number of allylic oxidation sites excluding steroid dienone is 2. The predicted molar refractivity (Wildman–Crippen MR) is 122 cm³/mol. The molecule has 2 atom stereocenters. The molecule has 4 rings (SSSR count). The van der Waals surface area contributed by atoms with Gasteiger partial charge in [0.1, 0.15) is 6.04 Å². The fourth-order valence-corrected chi connectivity index (χ4v) is 5.04. The average molecular weight is 501 g/mol. The molecule has 2 aromatic carbocycles. The number of nitrogens with zero attached hydrogens (tertiary/aromatic N) is 2. The van der Waals surface area contributed by atoms with Crippen molar-refractivity contribution in [2.45, 2.75) is 37.0 Å². The van der Waals surface area contributed by atoms with Crippen molar-refractivity contribution in [2.24, 2.45) is 5.41 Å². The van der Waals surface area contributed by atoms with E-state index in [4.69, 9.17) is 11.6 Å². The molecular formula is C26H20ClF3N2O3. The highest BCUT2D eigenvalue weighted by Gasteiger charge is 2.61. The van der Waals surface area contributed by atoms with Crippen LogP contribution in [0.15, 0.2) is 72.8 Å². The van der Waals surface area contributed by atoms with Gasteiger partial charge in [0.05, 0.1) is 17.7 Å². The van der Waals surface area contributed by atoms with Crippen LogP contribution in [-0.2, 0) is 9.59 Å². The van der Waals surface area contributed by atoms with Gasteiger partial charge >= 0.3 is 12.1 Å². The number of carboxylic acid groups (broad SMARTS) is 1. The molecule has 1 aliphatic carbocycles. The van der Waals surface area contributed by atoms with Gasteiger partial charge in [-0.2, -0.15) is 18.4 Å². The average Bonchev–Trinajstić information content (AvgIpc) is 3.28. The minimum Gasteiger partial charge on any atom is -0.480 e. The summed E-state index contributed by atoms with van der Waals surface area (Å²) in [5.74, 6) is -3.41. The Morgan fingerprint density at radius 1 is 1.03 bits per heavy atom. The maximum absolute atomic E-state index is 14.5. The van der Waals surface area contributed by atoms with E-state index in [9.17, 15) is 33.1 Å². The summed E-state index contributed by atoms with van der Waals surface area (Å²) >= 11 is 6.27. The van der Waals surface area contributed by atoms with E-state index in [1.807, 2.05) is 6.07 Å². The Morgan fingerprint density at radius 2 is 1.63 bits per heavy atom. The van der Waals surface area contributed by atoms with Gasteiger partial charge < -0.3 is 10.0 Å². The van der Waals surface area contributed by atoms with E-state index >= 15 is 0 Å². The largest absolute Gasteiger partial charge is 0.480 e. The normalized spacial score (nSPS) is 25.9. The molecule has 1 saturated heterocycles. The Bertz CT molecular complexity index is 1250. The number of carbonyl (C=O) groups excluding carboxylic acids is 1. The van der Waals surface area contributed by atoms with E-state index in [2.05, 4.69) is 0 Å². The smallest absolute Gasteiger partial charge is 0.410 e. The lowest BCUT2D eigenvalue weighted by Crippen LogP contribution is -2.54. The number of benzene rings is 2. The minimum atomic E-state index is -5.03. The number of carbonyl (C=O) groups is 2. The molecule has 2 aromatic rings. The monoisotopic (exact) mass is 500 g/mol. The SMILES string of the molecule is N#Cc1ccccc1C1C=CC(C(=O)N2[C@@H](c3ccccc3Cl)CC[C@H]2C(=O)O)(C(F)(F)F)C=C1. The molecule has 0 unspecified atom stereocenters. The van der Waals surface area contributed by atoms with Crippen LogP contribution >= 0.6 is 11.6 Å². The second-order valence-corrected chi connectivity index (χ2v) is 8.90. The van der Waals surface area contributed by atoms with Crippen LogP contribution in [0.2, 0.25) is 5.02 Å². The van der Waals surface area contributed by atoms with Gasteiger partial charge in [0.2, 0.25) is 5.91 Å². The van der Waals surface area contributed by atoms with Gasteiger partial charge in [0.25, 0.3) is 0 Å². The van der Waals surface area contributed by atoms with E-state index in [1.165, 1.54) is 12.2 Å². The first kappa shape index (κ1) is 24.6. The fraction of sp³-hybridized carbons (Fsp3) is 0.269. The molecule has 1 fully saturated rings. The topological polar surface area (TPSA) is 81.4 Å². The summed E-state index contributed by atoms with van der Waals surface area (Å²) < 4.78 is 43.6. The molecule has 1 heterocycles. The van der Waals surface area contributed by atoms with Crippen molar-refractivity contribution in [3.05, 3.63) is 94.5 Å². The van der Waals surface area contributed by atoms with Crippen molar-refractivity contribution in [2.75, 3.05) is 0 Å². The zero-order valence-electron chi connectivity index (χ0n) is 18.2. The van der Waals surface area contributed by atoms with Crippen molar-refractivity contribution < 1.29 is 27.9 Å². The summed E-state index contributed by atoms with van der Waals surface area (Å²) in [7, 11) is 0. The molecule has 1 amide bonds. The number of nitriles is 1. The van der Waals surface area contributed by atoms with Crippen LogP contribution in [0.4, 0.5) is 13.2 Å². The summed E-state index contributed by atoms with van der Waals surface area (Å²) in [4.78, 5) is 26.5. The molecule has 2 aliphatic rings. The molecule has 0 spiro atoms. The van der Waals surface area contributed by atoms with E-state index in [0.29, 0.717) is 16.7 Å². The third kappa shape index (κ3) is 4.21. The Labute approximate surface area is 204 Å². The summed E-state index contributed by atoms with van der Waals surface area (Å²) in [6.07, 6.45) is -0.865. The second-order valence-electron chi connectivity index (χ2n) is 8.49. The van der Waals surface area contributed by atoms with Crippen LogP contribution in [0, 0.1) is 16.7 Å². The van der Waals surface area contributed by atoms with Crippen molar-refractivity contribution in [1.82, 2.24) is 4.90 Å². The lowest BCUT2D eigenvalue weighted by Gasteiger charge is -2.39. The Kier molecular flexibility index (Phi) is 6.48. The number of aliphatic carboxylic acids is 1. The van der Waals surface area contributed by atoms with Crippen LogP contribution < -0.4 is 0 Å². The predicted octanol–water partition coefficient (Wildman–Crippen LogP) is 5.79. The van der Waals surface area contributed by atoms with Crippen molar-refractivity contribution >= 4 is 23.5 Å². The summed E-state index contributed by atoms with van der Waals surface area (Å²) in [6, 6.07) is 12.6. The van der Waals surface area contributed by atoms with Crippen LogP contribution in [0.25, 0.3) is 0 Å². The maximum atomic E-state index is 14.5. The lowest BCUT2D eigenvalue weighted by molar-refractivity contribution is -0.203. The van der Waals surface area contributed by atoms with Crippen LogP contribution in [0.3, 0.4) is 0 Å². The molecule has 180 valence electrons. The van der Waals surface area contributed by atoms with Gasteiger partial charge in [-0.15, -0.1) is 0 Å². The van der Waals surface area contributed by atoms with Crippen molar-refractivity contribution in [3.8, 4) is 6.07 Å². The molecule has 5 nitrogen and oxygen atoms in total. The van der Waals surface area contributed by atoms with Gasteiger partial charge in [-0.1, -0.05) is 72.3 Å². The molecular weight excluding hydrogens is 481 g/mol. The van der Waals surface area contributed by atoms with Gasteiger partial charge in [-0.3, -0.25) is 4.79 Å². The lowest BCUT2D eigenvalue weighted by atomic mass is 9.77. The number of likely N-dealkylation sites (tertiary alicyclic amines) is 1. The first-order valence-corrected chi connectivity index (χ1v) is 11.2. The molecule has 0 aromatic heterocycles. The number of carboxylic acids is 1. The quantitative estimate of drug-likeness (QED) is 0.539. The Morgan fingerprint density at radius 3 is 2.20 bits per heavy atom. The standard InChI is InChI=1S/C26H20ClF3N2O3/c27-20-8-4-3-7-19(20)21-9-10-22(23(33)34)32(21)24(35)25(26(28,29)30)13-11-16(12-14-25)18-6-2-1-5-17(18)15-31/h1-8,11-14,16,21-22H,9-10H2,(H,33,34)/t16?,21-,22+,25?/m1/s1. The third-order valence-corrected chi connectivity index (χ3v) is 6.91. The highest BCUT2D eigenvalue weighted by atomic mass is 35.5. The Hall–Kier alpha value is -3.57. The highest BCUT2D eigenvalue weighted by molar-refractivity contribution is 6.31. The van der Waals surface area contributed by atoms with E-state index < -0.39 is 41.5 Å². The molecule has 9 heteroatoms. The van der Waals surface area contributed by atoms with Gasteiger partial charge in [-0.05, 0) is 36.1 Å². The van der Waals surface area contributed by atoms with E-state index in [-0.39, 0.29) is 17.9 Å². The summed E-state index contributed by atoms with van der Waals surface area (Å²) in [5, 5.41) is 19.3. The first-order valence-electron chi connectivity index (χ1n) is 10.8.